The highest BCUT2D eigenvalue weighted by Gasteiger charge is 2.30. The zero-order valence-corrected chi connectivity index (χ0v) is 14.0. The lowest BCUT2D eigenvalue weighted by Crippen LogP contribution is -2.55. The van der Waals surface area contributed by atoms with Gasteiger partial charge in [0.25, 0.3) is 0 Å². The van der Waals surface area contributed by atoms with Crippen LogP contribution in [0.25, 0.3) is 0 Å². The zero-order valence-electron chi connectivity index (χ0n) is 14.0. The molecule has 1 atom stereocenters. The minimum absolute atomic E-state index is 0.0559. The van der Waals surface area contributed by atoms with Crippen LogP contribution in [0, 0.1) is 0 Å². The highest BCUT2D eigenvalue weighted by molar-refractivity contribution is 5.81. The van der Waals surface area contributed by atoms with Crippen molar-refractivity contribution in [1.29, 1.82) is 0 Å². The zero-order chi connectivity index (χ0) is 15.9. The SMILES string of the molecule is CNCCCC(=O)N1CCN(C(C)C(=O)N2CCCC2)CC1. The summed E-state index contributed by atoms with van der Waals surface area (Å²) in [6, 6.07) is -0.0559. The maximum atomic E-state index is 12.4. The maximum Gasteiger partial charge on any atom is 0.239 e. The molecule has 0 radical (unpaired) electrons. The van der Waals surface area contributed by atoms with Gasteiger partial charge in [-0.15, -0.1) is 0 Å². The fourth-order valence-corrected chi connectivity index (χ4v) is 3.29. The Kier molecular flexibility index (Phi) is 6.64. The first kappa shape index (κ1) is 17.2. The van der Waals surface area contributed by atoms with Crippen molar-refractivity contribution in [2.45, 2.75) is 38.6 Å². The van der Waals surface area contributed by atoms with Gasteiger partial charge < -0.3 is 15.1 Å². The Morgan fingerprint density at radius 2 is 1.64 bits per heavy atom. The van der Waals surface area contributed by atoms with E-state index in [0.29, 0.717) is 6.42 Å². The summed E-state index contributed by atoms with van der Waals surface area (Å²) in [6.45, 7) is 7.81. The fourth-order valence-electron chi connectivity index (χ4n) is 3.29. The van der Waals surface area contributed by atoms with Gasteiger partial charge in [0.2, 0.25) is 11.8 Å². The van der Waals surface area contributed by atoms with Crippen LogP contribution in [-0.4, -0.2) is 85.4 Å². The Bertz CT molecular complexity index is 374. The van der Waals surface area contributed by atoms with E-state index >= 15 is 0 Å². The molecule has 2 heterocycles. The molecule has 0 aromatic heterocycles. The van der Waals surface area contributed by atoms with Crippen LogP contribution < -0.4 is 5.32 Å². The molecule has 126 valence electrons. The molecule has 0 spiro atoms. The topological polar surface area (TPSA) is 55.9 Å². The highest BCUT2D eigenvalue weighted by Crippen LogP contribution is 2.14. The van der Waals surface area contributed by atoms with E-state index in [4.69, 9.17) is 0 Å². The largest absolute Gasteiger partial charge is 0.341 e. The average Bonchev–Trinajstić information content (AvgIpc) is 3.08. The third kappa shape index (κ3) is 4.43. The van der Waals surface area contributed by atoms with E-state index < -0.39 is 0 Å². The number of carbonyl (C=O) groups is 2. The van der Waals surface area contributed by atoms with Gasteiger partial charge in [0.1, 0.15) is 0 Å². The van der Waals surface area contributed by atoms with Crippen LogP contribution >= 0.6 is 0 Å². The van der Waals surface area contributed by atoms with Crippen molar-refractivity contribution in [2.75, 3.05) is 52.9 Å². The van der Waals surface area contributed by atoms with Crippen LogP contribution in [0.5, 0.6) is 0 Å². The lowest BCUT2D eigenvalue weighted by atomic mass is 10.2. The Balaban J connectivity index is 1.74. The summed E-state index contributed by atoms with van der Waals surface area (Å²) in [7, 11) is 1.90. The summed E-state index contributed by atoms with van der Waals surface area (Å²) >= 11 is 0. The van der Waals surface area contributed by atoms with Crippen molar-refractivity contribution in [2.24, 2.45) is 0 Å². The molecule has 2 aliphatic heterocycles. The summed E-state index contributed by atoms with van der Waals surface area (Å²) in [5.41, 5.74) is 0. The van der Waals surface area contributed by atoms with Gasteiger partial charge in [0.05, 0.1) is 6.04 Å². The summed E-state index contributed by atoms with van der Waals surface area (Å²) in [6.07, 6.45) is 3.77. The standard InChI is InChI=1S/C16H30N4O2/c1-14(16(22)20-8-3-4-9-20)18-10-12-19(13-11-18)15(21)6-5-7-17-2/h14,17H,3-13H2,1-2H3. The van der Waals surface area contributed by atoms with Crippen LogP contribution in [-0.2, 0) is 9.59 Å². The third-order valence-electron chi connectivity index (χ3n) is 4.81. The molecule has 2 rings (SSSR count). The molecule has 0 bridgehead atoms. The molecule has 0 aromatic carbocycles. The van der Waals surface area contributed by atoms with E-state index in [1.54, 1.807) is 0 Å². The number of hydrogen-bond acceptors (Lipinski definition) is 4. The number of rotatable bonds is 6. The number of nitrogens with zero attached hydrogens (tertiary/aromatic N) is 3. The van der Waals surface area contributed by atoms with Gasteiger partial charge in [-0.05, 0) is 39.8 Å². The van der Waals surface area contributed by atoms with Gasteiger partial charge in [-0.1, -0.05) is 0 Å². The van der Waals surface area contributed by atoms with Crippen LogP contribution in [0.4, 0.5) is 0 Å². The summed E-state index contributed by atoms with van der Waals surface area (Å²) in [5, 5.41) is 3.07. The van der Waals surface area contributed by atoms with Gasteiger partial charge >= 0.3 is 0 Å². The van der Waals surface area contributed by atoms with Gasteiger partial charge in [-0.25, -0.2) is 0 Å². The predicted molar refractivity (Wildman–Crippen MR) is 86.6 cm³/mol. The molecule has 2 fully saturated rings. The smallest absolute Gasteiger partial charge is 0.239 e. The molecule has 6 nitrogen and oxygen atoms in total. The summed E-state index contributed by atoms with van der Waals surface area (Å²) in [5.74, 6) is 0.500. The van der Waals surface area contributed by atoms with E-state index in [9.17, 15) is 9.59 Å². The normalized spacial score (nSPS) is 21.2. The van der Waals surface area contributed by atoms with E-state index in [2.05, 4.69) is 10.2 Å². The molecule has 0 saturated carbocycles. The molecule has 2 amide bonds. The number of piperazine rings is 1. The Hall–Kier alpha value is -1.14. The number of likely N-dealkylation sites (tertiary alicyclic amines) is 1. The number of nitrogens with one attached hydrogen (secondary N) is 1. The average molecular weight is 310 g/mol. The Labute approximate surface area is 133 Å². The lowest BCUT2D eigenvalue weighted by molar-refractivity contribution is -0.138. The Morgan fingerprint density at radius 1 is 1.00 bits per heavy atom. The molecule has 0 aliphatic carbocycles. The minimum Gasteiger partial charge on any atom is -0.341 e. The monoisotopic (exact) mass is 310 g/mol. The van der Waals surface area contributed by atoms with Gasteiger partial charge in [-0.3, -0.25) is 14.5 Å². The molecule has 0 aromatic rings. The summed E-state index contributed by atoms with van der Waals surface area (Å²) < 4.78 is 0. The Morgan fingerprint density at radius 3 is 2.23 bits per heavy atom. The van der Waals surface area contributed by atoms with E-state index in [1.807, 2.05) is 23.8 Å². The van der Waals surface area contributed by atoms with Crippen molar-refractivity contribution in [1.82, 2.24) is 20.0 Å². The van der Waals surface area contributed by atoms with Crippen molar-refractivity contribution in [3.63, 3.8) is 0 Å². The second kappa shape index (κ2) is 8.48. The quantitative estimate of drug-likeness (QED) is 0.709. The molecule has 2 saturated heterocycles. The van der Waals surface area contributed by atoms with Crippen molar-refractivity contribution in [3.05, 3.63) is 0 Å². The van der Waals surface area contributed by atoms with Gasteiger partial charge in [0, 0.05) is 45.7 Å². The maximum absolute atomic E-state index is 12.4. The summed E-state index contributed by atoms with van der Waals surface area (Å²) in [4.78, 5) is 30.7. The van der Waals surface area contributed by atoms with Crippen LogP contribution in [0.15, 0.2) is 0 Å². The lowest BCUT2D eigenvalue weighted by Gasteiger charge is -2.38. The van der Waals surface area contributed by atoms with Crippen LogP contribution in [0.1, 0.15) is 32.6 Å². The van der Waals surface area contributed by atoms with Gasteiger partial charge in [-0.2, -0.15) is 0 Å². The highest BCUT2D eigenvalue weighted by atomic mass is 16.2. The second-order valence-corrected chi connectivity index (χ2v) is 6.33. The molecular weight excluding hydrogens is 280 g/mol. The minimum atomic E-state index is -0.0559. The van der Waals surface area contributed by atoms with Crippen molar-refractivity contribution < 1.29 is 9.59 Å². The fraction of sp³-hybridized carbons (Fsp3) is 0.875. The molecule has 6 heteroatoms. The number of hydrogen-bond donors (Lipinski definition) is 1. The van der Waals surface area contributed by atoms with E-state index in [0.717, 1.165) is 65.1 Å². The first-order valence-electron chi connectivity index (χ1n) is 8.58. The number of carbonyl (C=O) groups excluding carboxylic acids is 2. The van der Waals surface area contributed by atoms with Gasteiger partial charge in [0.15, 0.2) is 0 Å². The second-order valence-electron chi connectivity index (χ2n) is 6.33. The first-order chi connectivity index (χ1) is 10.6. The first-order valence-corrected chi connectivity index (χ1v) is 8.58. The van der Waals surface area contributed by atoms with Crippen molar-refractivity contribution in [3.8, 4) is 0 Å². The van der Waals surface area contributed by atoms with Crippen molar-refractivity contribution >= 4 is 11.8 Å². The molecule has 22 heavy (non-hydrogen) atoms. The molecular formula is C16H30N4O2. The molecule has 2 aliphatic rings. The molecule has 1 N–H and O–H groups in total. The van der Waals surface area contributed by atoms with Crippen LogP contribution in [0.2, 0.25) is 0 Å². The molecule has 1 unspecified atom stereocenters. The van der Waals surface area contributed by atoms with E-state index in [1.165, 1.54) is 0 Å². The van der Waals surface area contributed by atoms with E-state index in [-0.39, 0.29) is 17.9 Å². The predicted octanol–water partition coefficient (Wildman–Crippen LogP) is 0.141. The number of amides is 2. The third-order valence-corrected chi connectivity index (χ3v) is 4.81. The van der Waals surface area contributed by atoms with Crippen LogP contribution in [0.3, 0.4) is 0 Å².